The number of carbonyl (C=O) groups is 1. The molecular weight excluding hydrogens is 250 g/mol. The molecule has 0 aliphatic carbocycles. The Morgan fingerprint density at radius 3 is 3.11 bits per heavy atom. The van der Waals surface area contributed by atoms with Crippen molar-refractivity contribution in [2.45, 2.75) is 25.4 Å². The van der Waals surface area contributed by atoms with Gasteiger partial charge in [-0.05, 0) is 37.6 Å². The number of hydrogen-bond acceptors (Lipinski definition) is 4. The van der Waals surface area contributed by atoms with Crippen molar-refractivity contribution in [1.29, 1.82) is 0 Å². The van der Waals surface area contributed by atoms with Gasteiger partial charge in [0.1, 0.15) is 0 Å². The molecule has 0 bridgehead atoms. The van der Waals surface area contributed by atoms with Crippen molar-refractivity contribution < 1.29 is 15.0 Å². The number of hydrogen-bond donors (Lipinski definition) is 2. The molecule has 0 aromatic carbocycles. The van der Waals surface area contributed by atoms with Crippen molar-refractivity contribution in [3.05, 3.63) is 28.0 Å². The maximum absolute atomic E-state index is 10.4. The second kappa shape index (κ2) is 6.13. The molecule has 5 heteroatoms. The van der Waals surface area contributed by atoms with Crippen LogP contribution >= 0.6 is 11.3 Å². The number of likely N-dealkylation sites (tertiary alicyclic amines) is 1. The Hall–Kier alpha value is -1.17. The quantitative estimate of drug-likeness (QED) is 0.799. The number of nitrogens with zero attached hydrogens (tertiary/aromatic N) is 1. The fourth-order valence-corrected chi connectivity index (χ4v) is 3.17. The molecule has 0 radical (unpaired) electrons. The van der Waals surface area contributed by atoms with E-state index in [4.69, 9.17) is 5.11 Å². The lowest BCUT2D eigenvalue weighted by molar-refractivity contribution is -0.131. The first-order valence-electron chi connectivity index (χ1n) is 6.03. The largest absolute Gasteiger partial charge is 0.478 e. The van der Waals surface area contributed by atoms with Crippen LogP contribution in [0.3, 0.4) is 0 Å². The number of thiophene rings is 1. The molecule has 0 amide bonds. The smallest absolute Gasteiger partial charge is 0.328 e. The minimum atomic E-state index is -0.926. The first-order chi connectivity index (χ1) is 8.69. The summed E-state index contributed by atoms with van der Waals surface area (Å²) in [5.74, 6) is -0.926. The lowest BCUT2D eigenvalue weighted by Gasteiger charge is -2.21. The Kier molecular flexibility index (Phi) is 4.52. The van der Waals surface area contributed by atoms with Crippen LogP contribution in [0.4, 0.5) is 0 Å². The highest BCUT2D eigenvalue weighted by molar-refractivity contribution is 7.12. The van der Waals surface area contributed by atoms with Crippen molar-refractivity contribution >= 4 is 23.4 Å². The Bertz CT molecular complexity index is 441. The normalized spacial score (nSPS) is 20.8. The van der Waals surface area contributed by atoms with Gasteiger partial charge in [-0.3, -0.25) is 4.90 Å². The van der Waals surface area contributed by atoms with Crippen molar-refractivity contribution in [2.24, 2.45) is 0 Å². The minimum absolute atomic E-state index is 0.219. The van der Waals surface area contributed by atoms with Gasteiger partial charge in [0.15, 0.2) is 0 Å². The zero-order valence-corrected chi connectivity index (χ0v) is 10.9. The van der Waals surface area contributed by atoms with Gasteiger partial charge in [-0.1, -0.05) is 0 Å². The van der Waals surface area contributed by atoms with Crippen LogP contribution in [0.5, 0.6) is 0 Å². The van der Waals surface area contributed by atoms with Crippen molar-refractivity contribution in [2.75, 3.05) is 13.2 Å². The Labute approximate surface area is 110 Å². The molecule has 1 unspecified atom stereocenters. The number of aliphatic hydroxyl groups is 1. The van der Waals surface area contributed by atoms with Gasteiger partial charge in [-0.15, -0.1) is 11.3 Å². The zero-order valence-electron chi connectivity index (χ0n) is 10.1. The third-order valence-corrected chi connectivity index (χ3v) is 4.18. The number of aliphatic hydroxyl groups excluding tert-OH is 1. The molecule has 2 heterocycles. The predicted octanol–water partition coefficient (Wildman–Crippen LogP) is 1.80. The molecule has 1 atom stereocenters. The summed E-state index contributed by atoms with van der Waals surface area (Å²) < 4.78 is 0. The van der Waals surface area contributed by atoms with E-state index in [2.05, 4.69) is 4.90 Å². The van der Waals surface area contributed by atoms with Crippen LogP contribution in [0.1, 0.15) is 22.6 Å². The fourth-order valence-electron chi connectivity index (χ4n) is 2.23. The number of carboxylic acids is 1. The van der Waals surface area contributed by atoms with Gasteiger partial charge in [0.05, 0.1) is 6.61 Å². The highest BCUT2D eigenvalue weighted by atomic mass is 32.1. The lowest BCUT2D eigenvalue weighted by atomic mass is 10.2. The number of carboxylic acid groups (broad SMARTS) is 1. The molecular formula is C13H17NO3S. The predicted molar refractivity (Wildman–Crippen MR) is 71.5 cm³/mol. The Balaban J connectivity index is 1.96. The van der Waals surface area contributed by atoms with Crippen LogP contribution in [-0.2, 0) is 11.3 Å². The molecule has 0 spiro atoms. The van der Waals surface area contributed by atoms with E-state index in [1.807, 2.05) is 12.1 Å². The van der Waals surface area contributed by atoms with Crippen molar-refractivity contribution in [3.8, 4) is 0 Å². The average molecular weight is 267 g/mol. The van der Waals surface area contributed by atoms with Crippen molar-refractivity contribution in [1.82, 2.24) is 4.90 Å². The van der Waals surface area contributed by atoms with Crippen LogP contribution in [0, 0.1) is 0 Å². The average Bonchev–Trinajstić information content (AvgIpc) is 2.96. The Morgan fingerprint density at radius 2 is 2.39 bits per heavy atom. The van der Waals surface area contributed by atoms with E-state index in [0.29, 0.717) is 0 Å². The third kappa shape index (κ3) is 3.41. The SMILES string of the molecule is O=C(O)/C=C/c1ccc(CN2CCCC2CO)s1. The van der Waals surface area contributed by atoms with Crippen LogP contribution < -0.4 is 0 Å². The second-order valence-electron chi connectivity index (χ2n) is 4.42. The molecule has 1 aliphatic heterocycles. The molecule has 18 heavy (non-hydrogen) atoms. The van der Waals surface area contributed by atoms with Gasteiger partial charge in [-0.25, -0.2) is 4.79 Å². The van der Waals surface area contributed by atoms with E-state index in [1.54, 1.807) is 17.4 Å². The summed E-state index contributed by atoms with van der Waals surface area (Å²) in [5, 5.41) is 17.8. The summed E-state index contributed by atoms with van der Waals surface area (Å²) >= 11 is 1.60. The van der Waals surface area contributed by atoms with Gasteiger partial charge < -0.3 is 10.2 Å². The number of aliphatic carboxylic acids is 1. The van der Waals surface area contributed by atoms with Crippen molar-refractivity contribution in [3.63, 3.8) is 0 Å². The van der Waals surface area contributed by atoms with Crippen LogP contribution in [-0.4, -0.2) is 40.3 Å². The summed E-state index contributed by atoms with van der Waals surface area (Å²) in [7, 11) is 0. The molecule has 2 N–H and O–H groups in total. The summed E-state index contributed by atoms with van der Waals surface area (Å²) in [6.07, 6.45) is 4.97. The van der Waals surface area contributed by atoms with Crippen LogP contribution in [0.2, 0.25) is 0 Å². The van der Waals surface area contributed by atoms with Gasteiger partial charge in [0, 0.05) is 28.4 Å². The summed E-state index contributed by atoms with van der Waals surface area (Å²) in [6.45, 7) is 2.09. The second-order valence-corrected chi connectivity index (χ2v) is 5.62. The van der Waals surface area contributed by atoms with Crippen LogP contribution in [0.25, 0.3) is 6.08 Å². The highest BCUT2D eigenvalue weighted by Gasteiger charge is 2.23. The van der Waals surface area contributed by atoms with E-state index in [1.165, 1.54) is 4.88 Å². The maximum atomic E-state index is 10.4. The van der Waals surface area contributed by atoms with E-state index in [-0.39, 0.29) is 12.6 Å². The summed E-state index contributed by atoms with van der Waals surface area (Å²) in [5.41, 5.74) is 0. The van der Waals surface area contributed by atoms with Crippen LogP contribution in [0.15, 0.2) is 18.2 Å². The molecule has 1 fully saturated rings. The first-order valence-corrected chi connectivity index (χ1v) is 6.85. The van der Waals surface area contributed by atoms with Gasteiger partial charge in [-0.2, -0.15) is 0 Å². The van der Waals surface area contributed by atoms with E-state index >= 15 is 0 Å². The van der Waals surface area contributed by atoms with E-state index in [9.17, 15) is 9.90 Å². The third-order valence-electron chi connectivity index (χ3n) is 3.14. The van der Waals surface area contributed by atoms with Gasteiger partial charge in [0.25, 0.3) is 0 Å². The summed E-state index contributed by atoms with van der Waals surface area (Å²) in [4.78, 5) is 14.9. The molecule has 1 aromatic rings. The Morgan fingerprint density at radius 1 is 1.56 bits per heavy atom. The standard InChI is InChI=1S/C13H17NO3S/c15-9-10-2-1-7-14(10)8-12-4-3-11(18-12)5-6-13(16)17/h3-6,10,15H,1-2,7-9H2,(H,16,17)/b6-5+. The molecule has 98 valence electrons. The lowest BCUT2D eigenvalue weighted by Crippen LogP contribution is -2.31. The zero-order chi connectivity index (χ0) is 13.0. The monoisotopic (exact) mass is 267 g/mol. The topological polar surface area (TPSA) is 60.8 Å². The maximum Gasteiger partial charge on any atom is 0.328 e. The van der Waals surface area contributed by atoms with Gasteiger partial charge >= 0.3 is 5.97 Å². The molecule has 2 rings (SSSR count). The molecule has 1 aromatic heterocycles. The molecule has 1 aliphatic rings. The first kappa shape index (κ1) is 13.3. The fraction of sp³-hybridized carbons (Fsp3) is 0.462. The highest BCUT2D eigenvalue weighted by Crippen LogP contribution is 2.24. The summed E-state index contributed by atoms with van der Waals surface area (Å²) in [6, 6.07) is 4.24. The molecule has 4 nitrogen and oxygen atoms in total. The minimum Gasteiger partial charge on any atom is -0.478 e. The number of rotatable bonds is 5. The van der Waals surface area contributed by atoms with E-state index < -0.39 is 5.97 Å². The molecule has 1 saturated heterocycles. The van der Waals surface area contributed by atoms with E-state index in [0.717, 1.165) is 36.9 Å². The molecule has 0 saturated carbocycles. The van der Waals surface area contributed by atoms with Gasteiger partial charge in [0.2, 0.25) is 0 Å².